The Kier molecular flexibility index (Phi) is 3.49. The van der Waals surface area contributed by atoms with Gasteiger partial charge in [0.05, 0.1) is 11.7 Å². The summed E-state index contributed by atoms with van der Waals surface area (Å²) in [6.45, 7) is 11.7. The predicted molar refractivity (Wildman–Crippen MR) is 99.2 cm³/mol. The lowest BCUT2D eigenvalue weighted by molar-refractivity contribution is 0.0492. The molecule has 4 rings (SSSR count). The molecule has 5 nitrogen and oxygen atoms in total. The van der Waals surface area contributed by atoms with Crippen molar-refractivity contribution in [2.45, 2.75) is 40.7 Å². The number of aromatic nitrogens is 3. The molecule has 130 valence electrons. The van der Waals surface area contributed by atoms with Crippen molar-refractivity contribution < 1.29 is 4.79 Å². The average Bonchev–Trinajstić information content (AvgIpc) is 3.02. The molecule has 1 amide bonds. The van der Waals surface area contributed by atoms with E-state index in [0.717, 1.165) is 28.2 Å². The van der Waals surface area contributed by atoms with E-state index < -0.39 is 0 Å². The predicted octanol–water partition coefficient (Wildman–Crippen LogP) is 3.60. The maximum atomic E-state index is 13.0. The van der Waals surface area contributed by atoms with Crippen LogP contribution in [0.4, 0.5) is 0 Å². The summed E-state index contributed by atoms with van der Waals surface area (Å²) in [5.41, 5.74) is 7.41. The Labute approximate surface area is 147 Å². The van der Waals surface area contributed by atoms with Crippen molar-refractivity contribution in [2.24, 2.45) is 0 Å². The van der Waals surface area contributed by atoms with Crippen molar-refractivity contribution in [1.82, 2.24) is 19.7 Å². The SMILES string of the molecule is Cc1cc(C)n(C2CN(C(=O)c3[nH]c4c(C)ccc(C)c4c3C)C2)n1. The van der Waals surface area contributed by atoms with Crippen molar-refractivity contribution in [1.29, 1.82) is 0 Å². The molecular weight excluding hydrogens is 312 g/mol. The molecule has 0 aliphatic carbocycles. The van der Waals surface area contributed by atoms with Crippen LogP contribution in [0.1, 0.15) is 44.6 Å². The van der Waals surface area contributed by atoms with E-state index in [1.807, 2.05) is 23.4 Å². The fourth-order valence-electron chi connectivity index (χ4n) is 3.96. The monoisotopic (exact) mass is 336 g/mol. The van der Waals surface area contributed by atoms with E-state index in [0.29, 0.717) is 13.1 Å². The number of likely N-dealkylation sites (tertiary alicyclic amines) is 1. The summed E-state index contributed by atoms with van der Waals surface area (Å²) in [6.07, 6.45) is 0. The van der Waals surface area contributed by atoms with E-state index in [4.69, 9.17) is 0 Å². The molecule has 1 aliphatic heterocycles. The normalized spacial score (nSPS) is 15.0. The number of nitrogens with zero attached hydrogens (tertiary/aromatic N) is 3. The summed E-state index contributed by atoms with van der Waals surface area (Å²) < 4.78 is 2.05. The molecule has 0 saturated carbocycles. The van der Waals surface area contributed by atoms with Gasteiger partial charge < -0.3 is 9.88 Å². The van der Waals surface area contributed by atoms with E-state index in [-0.39, 0.29) is 11.9 Å². The number of H-pyrrole nitrogens is 1. The lowest BCUT2D eigenvalue weighted by Gasteiger charge is -2.39. The molecule has 0 radical (unpaired) electrons. The van der Waals surface area contributed by atoms with Gasteiger partial charge in [0.25, 0.3) is 5.91 Å². The van der Waals surface area contributed by atoms with Crippen molar-refractivity contribution in [3.8, 4) is 0 Å². The number of aromatic amines is 1. The number of hydrogen-bond acceptors (Lipinski definition) is 2. The van der Waals surface area contributed by atoms with Crippen molar-refractivity contribution in [3.63, 3.8) is 0 Å². The van der Waals surface area contributed by atoms with E-state index in [9.17, 15) is 4.79 Å². The Morgan fingerprint density at radius 3 is 2.40 bits per heavy atom. The van der Waals surface area contributed by atoms with Gasteiger partial charge in [-0.1, -0.05) is 12.1 Å². The van der Waals surface area contributed by atoms with Gasteiger partial charge in [-0.3, -0.25) is 9.48 Å². The minimum absolute atomic E-state index is 0.0882. The van der Waals surface area contributed by atoms with Crippen LogP contribution in [-0.4, -0.2) is 38.7 Å². The lowest BCUT2D eigenvalue weighted by Crippen LogP contribution is -2.51. The Morgan fingerprint density at radius 1 is 1.12 bits per heavy atom. The van der Waals surface area contributed by atoms with Crippen LogP contribution in [0.5, 0.6) is 0 Å². The standard InChI is InChI=1S/C20H24N4O/c1-11-6-7-12(2)18-17(11)15(5)19(21-18)20(25)23-9-16(10-23)24-14(4)8-13(3)22-24/h6-8,16,21H,9-10H2,1-5H3. The molecule has 1 fully saturated rings. The van der Waals surface area contributed by atoms with Crippen LogP contribution in [0.15, 0.2) is 18.2 Å². The van der Waals surface area contributed by atoms with Gasteiger partial charge in [0, 0.05) is 29.7 Å². The fourth-order valence-corrected chi connectivity index (χ4v) is 3.96. The number of benzene rings is 1. The van der Waals surface area contributed by atoms with Gasteiger partial charge in [0.1, 0.15) is 5.69 Å². The van der Waals surface area contributed by atoms with Crippen LogP contribution in [0.25, 0.3) is 10.9 Å². The third-order valence-electron chi connectivity index (χ3n) is 5.38. The summed E-state index contributed by atoms with van der Waals surface area (Å²) in [6, 6.07) is 6.59. The Balaban J connectivity index is 1.60. The van der Waals surface area contributed by atoms with Gasteiger partial charge in [-0.15, -0.1) is 0 Å². The topological polar surface area (TPSA) is 53.9 Å². The summed E-state index contributed by atoms with van der Waals surface area (Å²) in [5, 5.41) is 5.72. The molecule has 1 aliphatic rings. The number of rotatable bonds is 2. The highest BCUT2D eigenvalue weighted by atomic mass is 16.2. The van der Waals surface area contributed by atoms with Crippen molar-refractivity contribution >= 4 is 16.8 Å². The summed E-state index contributed by atoms with van der Waals surface area (Å²) in [4.78, 5) is 18.3. The second kappa shape index (κ2) is 5.48. The number of carbonyl (C=O) groups is 1. The Morgan fingerprint density at radius 2 is 1.80 bits per heavy atom. The first-order chi connectivity index (χ1) is 11.9. The Bertz CT molecular complexity index is 989. The molecule has 2 aromatic heterocycles. The minimum Gasteiger partial charge on any atom is -0.350 e. The molecule has 3 aromatic rings. The van der Waals surface area contributed by atoms with E-state index in [1.54, 1.807) is 0 Å². The minimum atomic E-state index is 0.0882. The molecule has 5 heteroatoms. The lowest BCUT2D eigenvalue weighted by atomic mass is 10.0. The molecule has 3 heterocycles. The molecule has 1 aromatic carbocycles. The molecule has 0 spiro atoms. The van der Waals surface area contributed by atoms with E-state index in [1.165, 1.54) is 16.5 Å². The van der Waals surface area contributed by atoms with Gasteiger partial charge in [-0.25, -0.2) is 0 Å². The number of aryl methyl sites for hydroxylation is 5. The zero-order valence-corrected chi connectivity index (χ0v) is 15.5. The van der Waals surface area contributed by atoms with Crippen molar-refractivity contribution in [2.75, 3.05) is 13.1 Å². The first-order valence-electron chi connectivity index (χ1n) is 8.77. The third kappa shape index (κ3) is 2.37. The Hall–Kier alpha value is -2.56. The molecule has 1 saturated heterocycles. The summed E-state index contributed by atoms with van der Waals surface area (Å²) >= 11 is 0. The highest BCUT2D eigenvalue weighted by Gasteiger charge is 2.35. The highest BCUT2D eigenvalue weighted by Crippen LogP contribution is 2.30. The van der Waals surface area contributed by atoms with E-state index in [2.05, 4.69) is 49.1 Å². The van der Waals surface area contributed by atoms with Crippen LogP contribution < -0.4 is 0 Å². The fraction of sp³-hybridized carbons (Fsp3) is 0.400. The van der Waals surface area contributed by atoms with Crippen LogP contribution in [0.2, 0.25) is 0 Å². The van der Waals surface area contributed by atoms with Gasteiger partial charge in [-0.2, -0.15) is 5.10 Å². The van der Waals surface area contributed by atoms with Crippen LogP contribution >= 0.6 is 0 Å². The van der Waals surface area contributed by atoms with E-state index >= 15 is 0 Å². The number of amides is 1. The molecule has 0 bridgehead atoms. The van der Waals surface area contributed by atoms with Crippen LogP contribution in [0.3, 0.4) is 0 Å². The molecule has 0 unspecified atom stereocenters. The second-order valence-corrected chi connectivity index (χ2v) is 7.31. The summed E-state index contributed by atoms with van der Waals surface area (Å²) in [5.74, 6) is 0.0882. The van der Waals surface area contributed by atoms with Gasteiger partial charge >= 0.3 is 0 Å². The molecule has 1 N–H and O–H groups in total. The highest BCUT2D eigenvalue weighted by molar-refractivity contribution is 6.02. The average molecular weight is 336 g/mol. The summed E-state index contributed by atoms with van der Waals surface area (Å²) in [7, 11) is 0. The van der Waals surface area contributed by atoms with Crippen LogP contribution in [-0.2, 0) is 0 Å². The zero-order chi connectivity index (χ0) is 17.9. The van der Waals surface area contributed by atoms with Crippen molar-refractivity contribution in [3.05, 3.63) is 52.0 Å². The van der Waals surface area contributed by atoms with Crippen LogP contribution in [0, 0.1) is 34.6 Å². The number of carbonyl (C=O) groups excluding carboxylic acids is 1. The quantitative estimate of drug-likeness (QED) is 0.777. The van der Waals surface area contributed by atoms with Gasteiger partial charge in [0.2, 0.25) is 0 Å². The smallest absolute Gasteiger partial charge is 0.270 e. The van der Waals surface area contributed by atoms with Gasteiger partial charge in [0.15, 0.2) is 0 Å². The molecular formula is C20H24N4O. The first kappa shape index (κ1) is 15.9. The number of hydrogen-bond donors (Lipinski definition) is 1. The zero-order valence-electron chi connectivity index (χ0n) is 15.5. The second-order valence-electron chi connectivity index (χ2n) is 7.31. The largest absolute Gasteiger partial charge is 0.350 e. The molecule has 0 atom stereocenters. The van der Waals surface area contributed by atoms with Gasteiger partial charge in [-0.05, 0) is 57.4 Å². The molecule has 25 heavy (non-hydrogen) atoms. The first-order valence-corrected chi connectivity index (χ1v) is 8.77. The number of nitrogens with one attached hydrogen (secondary N) is 1. The maximum Gasteiger partial charge on any atom is 0.270 e. The number of fused-ring (bicyclic) bond motifs is 1. The maximum absolute atomic E-state index is 13.0. The third-order valence-corrected chi connectivity index (χ3v) is 5.38.